The zero-order chi connectivity index (χ0) is 14.6. The van der Waals surface area contributed by atoms with Gasteiger partial charge in [-0.1, -0.05) is 25.7 Å². The lowest BCUT2D eigenvalue weighted by Gasteiger charge is -2.16. The van der Waals surface area contributed by atoms with Gasteiger partial charge in [-0.2, -0.15) is 0 Å². The van der Waals surface area contributed by atoms with E-state index in [1.165, 1.54) is 5.56 Å². The largest absolute Gasteiger partial charge is 0.480 e. The third-order valence-corrected chi connectivity index (χ3v) is 2.93. The van der Waals surface area contributed by atoms with Crippen molar-refractivity contribution in [2.45, 2.75) is 26.7 Å². The van der Waals surface area contributed by atoms with Gasteiger partial charge in [0.2, 0.25) is 0 Å². The summed E-state index contributed by atoms with van der Waals surface area (Å²) in [5, 5.41) is 8.83. The number of carboxylic acid groups (broad SMARTS) is 1. The number of anilines is 1. The quantitative estimate of drug-likeness (QED) is 0.848. The Hall–Kier alpha value is -1.95. The highest BCUT2D eigenvalue weighted by molar-refractivity contribution is 5.73. The highest BCUT2D eigenvalue weighted by Gasteiger charge is 2.07. The number of benzene rings is 1. The second-order valence-corrected chi connectivity index (χ2v) is 5.19. The smallest absolute Gasteiger partial charge is 0.318 e. The summed E-state index contributed by atoms with van der Waals surface area (Å²) in [5.74, 6) is 4.60. The number of nitrogens with zero attached hydrogens (tertiary/aromatic N) is 1. The van der Waals surface area contributed by atoms with Crippen LogP contribution in [0.5, 0.6) is 0 Å². The van der Waals surface area contributed by atoms with Gasteiger partial charge < -0.3 is 10.0 Å². The molecule has 1 aromatic rings. The minimum absolute atomic E-state index is 0.414. The predicted octanol–water partition coefficient (Wildman–Crippen LogP) is 2.95. The third-order valence-electron chi connectivity index (χ3n) is 2.93. The van der Waals surface area contributed by atoms with Crippen molar-refractivity contribution >= 4 is 11.7 Å². The van der Waals surface area contributed by atoms with Crippen molar-refractivity contribution in [3.63, 3.8) is 0 Å². The van der Waals surface area contributed by atoms with Crippen molar-refractivity contribution in [3.8, 4) is 11.8 Å². The molecule has 0 radical (unpaired) electrons. The van der Waals surface area contributed by atoms with Crippen molar-refractivity contribution in [3.05, 3.63) is 29.3 Å². The molecule has 0 spiro atoms. The fraction of sp³-hybridized carbons (Fsp3) is 0.438. The van der Waals surface area contributed by atoms with Gasteiger partial charge in [0.25, 0.3) is 0 Å². The summed E-state index contributed by atoms with van der Waals surface area (Å²) < 4.78 is 0. The van der Waals surface area contributed by atoms with Gasteiger partial charge in [-0.15, -0.1) is 0 Å². The van der Waals surface area contributed by atoms with E-state index < -0.39 is 11.9 Å². The zero-order valence-electron chi connectivity index (χ0n) is 12.2. The van der Waals surface area contributed by atoms with Crippen molar-refractivity contribution in [2.24, 2.45) is 5.92 Å². The van der Waals surface area contributed by atoms with Gasteiger partial charge in [0, 0.05) is 25.3 Å². The van der Waals surface area contributed by atoms with Crippen molar-refractivity contribution < 1.29 is 9.90 Å². The molecule has 1 N–H and O–H groups in total. The Morgan fingerprint density at radius 3 is 2.32 bits per heavy atom. The molecule has 0 bridgehead atoms. The molecule has 102 valence electrons. The van der Waals surface area contributed by atoms with Gasteiger partial charge in [0.05, 0.1) is 0 Å². The van der Waals surface area contributed by atoms with Crippen LogP contribution in [-0.4, -0.2) is 25.2 Å². The highest BCUT2D eigenvalue weighted by Crippen LogP contribution is 2.22. The standard InChI is InChI=1S/C16H21NO2/c1-11(2)14-8-13(7-6-12(3)16(18)19)9-15(10-14)17(4)5/h8-12H,1-5H3,(H,18,19). The van der Waals surface area contributed by atoms with Gasteiger partial charge in [-0.25, -0.2) is 0 Å². The molecule has 0 aromatic heterocycles. The molecule has 3 heteroatoms. The van der Waals surface area contributed by atoms with E-state index in [9.17, 15) is 4.79 Å². The molecule has 0 saturated carbocycles. The predicted molar refractivity (Wildman–Crippen MR) is 78.5 cm³/mol. The fourth-order valence-corrected chi connectivity index (χ4v) is 1.55. The first-order valence-electron chi connectivity index (χ1n) is 6.38. The minimum atomic E-state index is -0.889. The SMILES string of the molecule is CC(C#Cc1cc(C(C)C)cc(N(C)C)c1)C(=O)O. The van der Waals surface area contributed by atoms with Crippen LogP contribution in [0.3, 0.4) is 0 Å². The second-order valence-electron chi connectivity index (χ2n) is 5.19. The minimum Gasteiger partial charge on any atom is -0.480 e. The molecule has 0 amide bonds. The Morgan fingerprint density at radius 1 is 1.21 bits per heavy atom. The van der Waals surface area contributed by atoms with Crippen molar-refractivity contribution in [1.82, 2.24) is 0 Å². The Labute approximate surface area is 115 Å². The molecule has 0 aliphatic heterocycles. The maximum atomic E-state index is 10.8. The van der Waals surface area contributed by atoms with E-state index in [1.54, 1.807) is 6.92 Å². The summed E-state index contributed by atoms with van der Waals surface area (Å²) in [6.07, 6.45) is 0. The summed E-state index contributed by atoms with van der Waals surface area (Å²) in [5.41, 5.74) is 3.15. The average Bonchev–Trinajstić information content (AvgIpc) is 2.35. The summed E-state index contributed by atoms with van der Waals surface area (Å²) in [6, 6.07) is 6.14. The number of aliphatic carboxylic acids is 1. The summed E-state index contributed by atoms with van der Waals surface area (Å²) >= 11 is 0. The van der Waals surface area contributed by atoms with Crippen molar-refractivity contribution in [1.29, 1.82) is 0 Å². The molecule has 0 saturated heterocycles. The number of hydrogen-bond acceptors (Lipinski definition) is 2. The lowest BCUT2D eigenvalue weighted by atomic mass is 9.99. The fourth-order valence-electron chi connectivity index (χ4n) is 1.55. The topological polar surface area (TPSA) is 40.5 Å². The van der Waals surface area contributed by atoms with Gasteiger partial charge >= 0.3 is 5.97 Å². The Bertz CT molecular complexity index is 495. The van der Waals surface area contributed by atoms with Crippen LogP contribution in [0.1, 0.15) is 37.8 Å². The van der Waals surface area contributed by atoms with Gasteiger partial charge in [-0.3, -0.25) is 4.79 Å². The molecule has 1 rings (SSSR count). The Kier molecular flexibility index (Phi) is 5.00. The number of carbonyl (C=O) groups is 1. The first kappa shape index (κ1) is 15.1. The van der Waals surface area contributed by atoms with E-state index in [-0.39, 0.29) is 0 Å². The molecule has 1 aromatic carbocycles. The maximum Gasteiger partial charge on any atom is 0.318 e. The summed E-state index contributed by atoms with van der Waals surface area (Å²) in [4.78, 5) is 12.8. The molecule has 1 unspecified atom stereocenters. The molecule has 0 aliphatic rings. The second kappa shape index (κ2) is 6.29. The van der Waals surface area contributed by atoms with E-state index >= 15 is 0 Å². The van der Waals surface area contributed by atoms with Crippen LogP contribution in [0.2, 0.25) is 0 Å². The van der Waals surface area contributed by atoms with E-state index in [0.717, 1.165) is 11.3 Å². The van der Waals surface area contributed by atoms with Crippen LogP contribution in [0.15, 0.2) is 18.2 Å². The Balaban J connectivity index is 3.16. The maximum absolute atomic E-state index is 10.8. The van der Waals surface area contributed by atoms with Gasteiger partial charge in [0.1, 0.15) is 5.92 Å². The van der Waals surface area contributed by atoms with Crippen LogP contribution in [0, 0.1) is 17.8 Å². The van der Waals surface area contributed by atoms with Crippen LogP contribution < -0.4 is 4.90 Å². The van der Waals surface area contributed by atoms with E-state index in [4.69, 9.17) is 5.11 Å². The van der Waals surface area contributed by atoms with Crippen molar-refractivity contribution in [2.75, 3.05) is 19.0 Å². The highest BCUT2D eigenvalue weighted by atomic mass is 16.4. The lowest BCUT2D eigenvalue weighted by molar-refractivity contribution is -0.139. The van der Waals surface area contributed by atoms with E-state index in [2.05, 4.69) is 31.8 Å². The van der Waals surface area contributed by atoms with Crippen LogP contribution in [0.4, 0.5) is 5.69 Å². The number of rotatable bonds is 3. The monoisotopic (exact) mass is 259 g/mol. The normalized spacial score (nSPS) is 11.7. The summed E-state index contributed by atoms with van der Waals surface area (Å²) in [6.45, 7) is 5.85. The first-order valence-corrected chi connectivity index (χ1v) is 6.38. The molecular formula is C16H21NO2. The molecule has 1 atom stereocenters. The summed E-state index contributed by atoms with van der Waals surface area (Å²) in [7, 11) is 3.97. The van der Waals surface area contributed by atoms with Gasteiger partial charge in [0.15, 0.2) is 0 Å². The molecule has 19 heavy (non-hydrogen) atoms. The number of hydrogen-bond donors (Lipinski definition) is 1. The number of carboxylic acids is 1. The van der Waals surface area contributed by atoms with E-state index in [1.807, 2.05) is 31.1 Å². The molecule has 3 nitrogen and oxygen atoms in total. The molecule has 0 aliphatic carbocycles. The third kappa shape index (κ3) is 4.33. The molecule has 0 heterocycles. The average molecular weight is 259 g/mol. The van der Waals surface area contributed by atoms with Crippen LogP contribution in [0.25, 0.3) is 0 Å². The molecular weight excluding hydrogens is 238 g/mol. The zero-order valence-corrected chi connectivity index (χ0v) is 12.2. The van der Waals surface area contributed by atoms with Crippen LogP contribution in [-0.2, 0) is 4.79 Å². The van der Waals surface area contributed by atoms with Crippen LogP contribution >= 0.6 is 0 Å². The lowest BCUT2D eigenvalue weighted by Crippen LogP contribution is -2.09. The van der Waals surface area contributed by atoms with E-state index in [0.29, 0.717) is 5.92 Å². The first-order chi connectivity index (χ1) is 8.81. The Morgan fingerprint density at radius 2 is 1.84 bits per heavy atom. The van der Waals surface area contributed by atoms with Gasteiger partial charge in [-0.05, 0) is 36.6 Å². The molecule has 0 fully saturated rings.